The molecule has 0 amide bonds. The van der Waals surface area contributed by atoms with Crippen LogP contribution in [0.3, 0.4) is 0 Å². The highest BCUT2D eigenvalue weighted by atomic mass is 79.9. The summed E-state index contributed by atoms with van der Waals surface area (Å²) in [5.41, 5.74) is 10.1. The second-order valence-corrected chi connectivity index (χ2v) is 7.14. The first-order valence-corrected chi connectivity index (χ1v) is 8.54. The quantitative estimate of drug-likeness (QED) is 0.517. The molecule has 0 atom stereocenters. The molecule has 0 bridgehead atoms. The number of hydrogen-bond donors (Lipinski definition) is 0. The lowest BCUT2D eigenvalue weighted by Crippen LogP contribution is -1.86. The number of aryl methyl sites for hydroxylation is 1. The van der Waals surface area contributed by atoms with Crippen molar-refractivity contribution in [2.24, 2.45) is 0 Å². The SMILES string of the molecule is CC1=Cc2cccc(Br)c2C1.CC1=Cc2cccc(C)c2C1. The molecule has 2 aliphatic carbocycles. The Morgan fingerprint density at radius 2 is 1.27 bits per heavy atom. The average Bonchev–Trinajstić information content (AvgIpc) is 3.03. The van der Waals surface area contributed by atoms with Gasteiger partial charge in [0.2, 0.25) is 0 Å². The van der Waals surface area contributed by atoms with E-state index in [4.69, 9.17) is 0 Å². The van der Waals surface area contributed by atoms with Crippen LogP contribution in [-0.2, 0) is 12.8 Å². The minimum Gasteiger partial charge on any atom is -0.0683 e. The van der Waals surface area contributed by atoms with E-state index in [0.717, 1.165) is 12.8 Å². The van der Waals surface area contributed by atoms with Crippen molar-refractivity contribution in [1.29, 1.82) is 0 Å². The van der Waals surface area contributed by atoms with Crippen LogP contribution in [0.5, 0.6) is 0 Å². The molecule has 1 heteroatoms. The normalized spacial score (nSPS) is 14.5. The second-order valence-electron chi connectivity index (χ2n) is 6.29. The van der Waals surface area contributed by atoms with Crippen LogP contribution >= 0.6 is 15.9 Å². The first-order valence-electron chi connectivity index (χ1n) is 7.75. The number of rotatable bonds is 0. The molecular weight excluding hydrogens is 332 g/mol. The third-order valence-corrected chi connectivity index (χ3v) is 5.06. The van der Waals surface area contributed by atoms with Gasteiger partial charge in [-0.15, -0.1) is 0 Å². The molecular formula is C21H21Br. The van der Waals surface area contributed by atoms with Crippen molar-refractivity contribution in [2.75, 3.05) is 0 Å². The largest absolute Gasteiger partial charge is 0.0683 e. The fourth-order valence-electron chi connectivity index (χ4n) is 3.19. The van der Waals surface area contributed by atoms with Gasteiger partial charge >= 0.3 is 0 Å². The molecule has 0 fully saturated rings. The number of benzene rings is 2. The van der Waals surface area contributed by atoms with E-state index in [9.17, 15) is 0 Å². The van der Waals surface area contributed by atoms with Crippen LogP contribution in [0.25, 0.3) is 12.2 Å². The van der Waals surface area contributed by atoms with E-state index in [1.165, 1.54) is 43.4 Å². The highest BCUT2D eigenvalue weighted by Crippen LogP contribution is 2.30. The second kappa shape index (κ2) is 6.26. The minimum absolute atomic E-state index is 1.11. The molecule has 0 aliphatic heterocycles. The Morgan fingerprint density at radius 1 is 0.727 bits per heavy atom. The van der Waals surface area contributed by atoms with Crippen LogP contribution in [0.1, 0.15) is 41.7 Å². The van der Waals surface area contributed by atoms with E-state index in [0.29, 0.717) is 0 Å². The van der Waals surface area contributed by atoms with Crippen LogP contribution < -0.4 is 0 Å². The predicted octanol–water partition coefficient (Wildman–Crippen LogP) is 6.36. The van der Waals surface area contributed by atoms with Gasteiger partial charge in [0.1, 0.15) is 0 Å². The van der Waals surface area contributed by atoms with E-state index in [2.05, 4.69) is 85.3 Å². The summed E-state index contributed by atoms with van der Waals surface area (Å²) >= 11 is 3.54. The van der Waals surface area contributed by atoms with Crippen LogP contribution in [0.2, 0.25) is 0 Å². The molecule has 0 saturated heterocycles. The molecule has 0 aromatic heterocycles. The lowest BCUT2D eigenvalue weighted by Gasteiger charge is -2.01. The third kappa shape index (κ3) is 3.10. The van der Waals surface area contributed by atoms with Crippen molar-refractivity contribution < 1.29 is 0 Å². The first kappa shape index (κ1) is 15.3. The van der Waals surface area contributed by atoms with Gasteiger partial charge < -0.3 is 0 Å². The summed E-state index contributed by atoms with van der Waals surface area (Å²) in [6, 6.07) is 12.9. The van der Waals surface area contributed by atoms with Crippen LogP contribution in [-0.4, -0.2) is 0 Å². The predicted molar refractivity (Wildman–Crippen MR) is 100 cm³/mol. The van der Waals surface area contributed by atoms with Gasteiger partial charge in [-0.2, -0.15) is 0 Å². The molecule has 112 valence electrons. The summed E-state index contributed by atoms with van der Waals surface area (Å²) in [4.78, 5) is 0. The Kier molecular flexibility index (Phi) is 4.35. The van der Waals surface area contributed by atoms with E-state index in [1.807, 2.05) is 0 Å². The average molecular weight is 353 g/mol. The van der Waals surface area contributed by atoms with Gasteiger partial charge in [-0.05, 0) is 67.5 Å². The van der Waals surface area contributed by atoms with Crippen LogP contribution in [0.15, 0.2) is 52.0 Å². The zero-order valence-corrected chi connectivity index (χ0v) is 15.0. The molecule has 2 aromatic carbocycles. The molecule has 0 radical (unpaired) electrons. The maximum absolute atomic E-state index is 3.54. The summed E-state index contributed by atoms with van der Waals surface area (Å²) in [6.45, 7) is 6.55. The molecule has 0 saturated carbocycles. The number of allylic oxidation sites excluding steroid dienone is 2. The molecule has 0 nitrogen and oxygen atoms in total. The van der Waals surface area contributed by atoms with Gasteiger partial charge in [0.15, 0.2) is 0 Å². The monoisotopic (exact) mass is 352 g/mol. The number of halogens is 1. The summed E-state index contributed by atoms with van der Waals surface area (Å²) in [6.07, 6.45) is 6.79. The number of hydrogen-bond acceptors (Lipinski definition) is 0. The van der Waals surface area contributed by atoms with Crippen molar-refractivity contribution in [2.45, 2.75) is 33.6 Å². The molecule has 0 unspecified atom stereocenters. The molecule has 4 rings (SSSR count). The minimum atomic E-state index is 1.11. The molecule has 2 aromatic rings. The van der Waals surface area contributed by atoms with Gasteiger partial charge in [-0.1, -0.05) is 69.6 Å². The summed E-state index contributed by atoms with van der Waals surface area (Å²) in [5.74, 6) is 0. The molecule has 0 N–H and O–H groups in total. The van der Waals surface area contributed by atoms with E-state index < -0.39 is 0 Å². The fraction of sp³-hybridized carbons (Fsp3) is 0.238. The van der Waals surface area contributed by atoms with Gasteiger partial charge in [-0.25, -0.2) is 0 Å². The van der Waals surface area contributed by atoms with Gasteiger partial charge in [0, 0.05) is 4.47 Å². The van der Waals surface area contributed by atoms with Crippen molar-refractivity contribution in [3.63, 3.8) is 0 Å². The lowest BCUT2D eigenvalue weighted by molar-refractivity contribution is 1.16. The molecule has 2 aliphatic rings. The van der Waals surface area contributed by atoms with Crippen molar-refractivity contribution in [1.82, 2.24) is 0 Å². The lowest BCUT2D eigenvalue weighted by atomic mass is 10.0. The maximum atomic E-state index is 3.54. The van der Waals surface area contributed by atoms with Crippen LogP contribution in [0, 0.1) is 6.92 Å². The van der Waals surface area contributed by atoms with Crippen LogP contribution in [0.4, 0.5) is 0 Å². The standard InChI is InChI=1S/C11H12.C10H9Br/c1-8-6-10-5-3-4-9(2)11(10)7-8;1-7-5-8-3-2-4-10(11)9(8)6-7/h3-6H,7H2,1-2H3;2-5H,6H2,1H3. The Bertz CT molecular complexity index is 711. The highest BCUT2D eigenvalue weighted by molar-refractivity contribution is 9.10. The fourth-order valence-corrected chi connectivity index (χ4v) is 3.71. The molecule has 22 heavy (non-hydrogen) atoms. The van der Waals surface area contributed by atoms with Gasteiger partial charge in [0.25, 0.3) is 0 Å². The summed E-state index contributed by atoms with van der Waals surface area (Å²) in [7, 11) is 0. The molecule has 0 spiro atoms. The Morgan fingerprint density at radius 3 is 1.86 bits per heavy atom. The van der Waals surface area contributed by atoms with E-state index >= 15 is 0 Å². The summed E-state index contributed by atoms with van der Waals surface area (Å²) in [5, 5.41) is 0. The smallest absolute Gasteiger partial charge is 0.0216 e. The van der Waals surface area contributed by atoms with Crippen molar-refractivity contribution in [3.8, 4) is 0 Å². The Hall–Kier alpha value is -1.60. The van der Waals surface area contributed by atoms with Crippen molar-refractivity contribution in [3.05, 3.63) is 79.8 Å². The van der Waals surface area contributed by atoms with Gasteiger partial charge in [0.05, 0.1) is 0 Å². The zero-order valence-electron chi connectivity index (χ0n) is 13.4. The summed E-state index contributed by atoms with van der Waals surface area (Å²) < 4.78 is 1.24. The first-order chi connectivity index (χ1) is 10.5. The van der Waals surface area contributed by atoms with Gasteiger partial charge in [-0.3, -0.25) is 0 Å². The highest BCUT2D eigenvalue weighted by Gasteiger charge is 2.11. The van der Waals surface area contributed by atoms with Crippen molar-refractivity contribution >= 4 is 28.1 Å². The molecule has 0 heterocycles. The third-order valence-electron chi connectivity index (χ3n) is 4.32. The van der Waals surface area contributed by atoms with E-state index in [-0.39, 0.29) is 0 Å². The maximum Gasteiger partial charge on any atom is 0.0216 e. The Balaban J connectivity index is 0.000000131. The Labute approximate surface area is 141 Å². The zero-order chi connectivity index (χ0) is 15.7. The number of fused-ring (bicyclic) bond motifs is 2. The van der Waals surface area contributed by atoms with E-state index in [1.54, 1.807) is 0 Å². The topological polar surface area (TPSA) is 0 Å².